The molecule has 1 atom stereocenters. The van der Waals surface area contributed by atoms with Crippen molar-refractivity contribution in [1.29, 1.82) is 5.41 Å². The first kappa shape index (κ1) is 21.1. The number of nitrogen functional groups attached to an aromatic ring is 1. The number of nitrogens with one attached hydrogen (secondary N) is 3. The number of halogens is 3. The van der Waals surface area contributed by atoms with Gasteiger partial charge in [-0.15, -0.1) is 0 Å². The zero-order chi connectivity index (χ0) is 21.8. The van der Waals surface area contributed by atoms with Gasteiger partial charge in [0.2, 0.25) is 5.95 Å². The number of nitrogens with two attached hydrogens (primary N) is 1. The molecule has 0 aliphatic rings. The standard InChI is InChI=1S/C20H17ClF2N6O/c1-10(11-2-3-15(22)14(21)6-11)28-20(30)29-18-8-16(24)13(9-27-18)19(25)12-4-5-26-17(23)7-12/h2-10,25H,1H3,(H4,24,27,28,29,30)/t10-/m1/s1. The lowest BCUT2D eigenvalue weighted by molar-refractivity contribution is 0.249. The number of amides is 2. The van der Waals surface area contributed by atoms with Gasteiger partial charge >= 0.3 is 6.03 Å². The number of pyridine rings is 2. The monoisotopic (exact) mass is 430 g/mol. The highest BCUT2D eigenvalue weighted by molar-refractivity contribution is 6.30. The molecule has 154 valence electrons. The van der Waals surface area contributed by atoms with Crippen LogP contribution in [0.3, 0.4) is 0 Å². The largest absolute Gasteiger partial charge is 0.398 e. The van der Waals surface area contributed by atoms with Gasteiger partial charge in [0.25, 0.3) is 0 Å². The second-order valence-corrected chi connectivity index (χ2v) is 6.80. The third-order valence-electron chi connectivity index (χ3n) is 4.25. The molecule has 0 saturated heterocycles. The molecule has 2 heterocycles. The predicted octanol–water partition coefficient (Wildman–Crippen LogP) is 4.29. The van der Waals surface area contributed by atoms with Crippen LogP contribution in [-0.2, 0) is 0 Å². The van der Waals surface area contributed by atoms with E-state index in [1.54, 1.807) is 6.92 Å². The van der Waals surface area contributed by atoms with Crippen molar-refractivity contribution in [2.24, 2.45) is 0 Å². The quantitative estimate of drug-likeness (QED) is 0.357. The average Bonchev–Trinajstić information content (AvgIpc) is 2.69. The Kier molecular flexibility index (Phi) is 6.22. The van der Waals surface area contributed by atoms with Gasteiger partial charge in [-0.25, -0.2) is 19.2 Å². The maximum absolute atomic E-state index is 13.3. The van der Waals surface area contributed by atoms with Gasteiger partial charge in [0.15, 0.2) is 0 Å². The Morgan fingerprint density at radius 1 is 1.20 bits per heavy atom. The number of hydrogen-bond donors (Lipinski definition) is 4. The molecule has 3 aromatic rings. The Morgan fingerprint density at radius 2 is 1.97 bits per heavy atom. The number of carbonyl (C=O) groups excluding carboxylic acids is 1. The summed E-state index contributed by atoms with van der Waals surface area (Å²) in [6.45, 7) is 1.71. The zero-order valence-corrected chi connectivity index (χ0v) is 16.5. The summed E-state index contributed by atoms with van der Waals surface area (Å²) >= 11 is 5.77. The molecule has 0 bridgehead atoms. The van der Waals surface area contributed by atoms with Gasteiger partial charge in [-0.05, 0) is 30.7 Å². The highest BCUT2D eigenvalue weighted by atomic mass is 35.5. The number of anilines is 2. The number of benzene rings is 1. The van der Waals surface area contributed by atoms with E-state index in [1.807, 2.05) is 0 Å². The maximum Gasteiger partial charge on any atom is 0.320 e. The van der Waals surface area contributed by atoms with Gasteiger partial charge in [0.05, 0.1) is 16.8 Å². The van der Waals surface area contributed by atoms with Crippen LogP contribution in [0.1, 0.15) is 29.7 Å². The van der Waals surface area contributed by atoms with Gasteiger partial charge in [0.1, 0.15) is 11.6 Å². The number of carbonyl (C=O) groups is 1. The molecule has 0 aliphatic carbocycles. The molecule has 30 heavy (non-hydrogen) atoms. The van der Waals surface area contributed by atoms with Crippen molar-refractivity contribution in [2.75, 3.05) is 11.1 Å². The Morgan fingerprint density at radius 3 is 2.63 bits per heavy atom. The van der Waals surface area contributed by atoms with Gasteiger partial charge in [0, 0.05) is 41.3 Å². The molecule has 0 spiro atoms. The van der Waals surface area contributed by atoms with Crippen LogP contribution >= 0.6 is 11.6 Å². The first-order valence-corrected chi connectivity index (χ1v) is 9.11. The predicted molar refractivity (Wildman–Crippen MR) is 111 cm³/mol. The van der Waals surface area contributed by atoms with Gasteiger partial charge in [-0.3, -0.25) is 10.7 Å². The van der Waals surface area contributed by atoms with Crippen molar-refractivity contribution in [3.63, 3.8) is 0 Å². The van der Waals surface area contributed by atoms with E-state index in [0.717, 1.165) is 6.07 Å². The van der Waals surface area contributed by atoms with Crippen molar-refractivity contribution in [3.05, 3.63) is 82.3 Å². The zero-order valence-electron chi connectivity index (χ0n) is 15.7. The van der Waals surface area contributed by atoms with E-state index in [2.05, 4.69) is 20.6 Å². The molecular weight excluding hydrogens is 414 g/mol. The Bertz CT molecular complexity index is 1120. The second-order valence-electron chi connectivity index (χ2n) is 6.39. The van der Waals surface area contributed by atoms with Gasteiger partial charge < -0.3 is 11.1 Å². The van der Waals surface area contributed by atoms with Crippen molar-refractivity contribution in [3.8, 4) is 0 Å². The molecule has 3 rings (SSSR count). The lowest BCUT2D eigenvalue weighted by Gasteiger charge is -2.16. The van der Waals surface area contributed by atoms with E-state index in [4.69, 9.17) is 22.7 Å². The molecule has 7 nitrogen and oxygen atoms in total. The summed E-state index contributed by atoms with van der Waals surface area (Å²) in [6, 6.07) is 7.14. The number of rotatable bonds is 5. The van der Waals surface area contributed by atoms with Gasteiger partial charge in [-0.1, -0.05) is 17.7 Å². The Hall–Kier alpha value is -3.59. The summed E-state index contributed by atoms with van der Waals surface area (Å²) in [7, 11) is 0. The van der Waals surface area contributed by atoms with Crippen LogP contribution in [-0.4, -0.2) is 21.7 Å². The molecule has 0 unspecified atom stereocenters. The highest BCUT2D eigenvalue weighted by Crippen LogP contribution is 2.22. The molecular formula is C20H17ClF2N6O. The second kappa shape index (κ2) is 8.83. The van der Waals surface area contributed by atoms with Crippen molar-refractivity contribution in [1.82, 2.24) is 15.3 Å². The lowest BCUT2D eigenvalue weighted by atomic mass is 10.0. The minimum Gasteiger partial charge on any atom is -0.398 e. The van der Waals surface area contributed by atoms with E-state index in [9.17, 15) is 13.6 Å². The fourth-order valence-electron chi connectivity index (χ4n) is 2.68. The highest BCUT2D eigenvalue weighted by Gasteiger charge is 2.14. The maximum atomic E-state index is 13.3. The normalized spacial score (nSPS) is 11.6. The van der Waals surface area contributed by atoms with Crippen LogP contribution in [0.25, 0.3) is 0 Å². The summed E-state index contributed by atoms with van der Waals surface area (Å²) in [4.78, 5) is 19.8. The number of hydrogen-bond acceptors (Lipinski definition) is 5. The van der Waals surface area contributed by atoms with Crippen LogP contribution in [0.5, 0.6) is 0 Å². The minimum atomic E-state index is -0.713. The summed E-state index contributed by atoms with van der Waals surface area (Å²) in [6.07, 6.45) is 2.56. The molecule has 2 aromatic heterocycles. The molecule has 10 heteroatoms. The smallest absolute Gasteiger partial charge is 0.320 e. The van der Waals surface area contributed by atoms with Crippen LogP contribution in [0.15, 0.2) is 48.8 Å². The summed E-state index contributed by atoms with van der Waals surface area (Å²) < 4.78 is 26.6. The van der Waals surface area contributed by atoms with E-state index in [-0.39, 0.29) is 27.8 Å². The van der Waals surface area contributed by atoms with Crippen LogP contribution in [0.4, 0.5) is 25.1 Å². The summed E-state index contributed by atoms with van der Waals surface area (Å²) in [5.41, 5.74) is 7.33. The SMILES string of the molecule is C[C@@H](NC(=O)Nc1cc(N)c(C(=N)c2ccnc(F)c2)cn1)c1ccc(F)c(Cl)c1. The number of nitrogens with zero attached hydrogens (tertiary/aromatic N) is 2. The third-order valence-corrected chi connectivity index (χ3v) is 4.54. The van der Waals surface area contributed by atoms with E-state index >= 15 is 0 Å². The first-order valence-electron chi connectivity index (χ1n) is 8.73. The molecule has 0 fully saturated rings. The van der Waals surface area contributed by atoms with Crippen molar-refractivity contribution < 1.29 is 13.6 Å². The van der Waals surface area contributed by atoms with Crippen molar-refractivity contribution >= 4 is 34.8 Å². The van der Waals surface area contributed by atoms with Crippen LogP contribution in [0.2, 0.25) is 5.02 Å². The Balaban J connectivity index is 1.68. The first-order chi connectivity index (χ1) is 14.2. The molecule has 0 saturated carbocycles. The summed E-state index contributed by atoms with van der Waals surface area (Å²) in [5.74, 6) is -1.10. The molecule has 1 aromatic carbocycles. The minimum absolute atomic E-state index is 0.0286. The average molecular weight is 431 g/mol. The fraction of sp³-hybridized carbons (Fsp3) is 0.100. The van der Waals surface area contributed by atoms with Crippen LogP contribution in [0, 0.1) is 17.2 Å². The molecule has 0 radical (unpaired) electrons. The number of urea groups is 1. The topological polar surface area (TPSA) is 117 Å². The molecule has 5 N–H and O–H groups in total. The molecule has 0 aliphatic heterocycles. The lowest BCUT2D eigenvalue weighted by Crippen LogP contribution is -2.31. The van der Waals surface area contributed by atoms with Crippen LogP contribution < -0.4 is 16.4 Å². The van der Waals surface area contributed by atoms with E-state index in [0.29, 0.717) is 11.1 Å². The van der Waals surface area contributed by atoms with Gasteiger partial charge in [-0.2, -0.15) is 4.39 Å². The van der Waals surface area contributed by atoms with E-state index in [1.165, 1.54) is 42.7 Å². The number of aromatic nitrogens is 2. The fourth-order valence-corrected chi connectivity index (χ4v) is 2.86. The molecule has 2 amide bonds. The Labute approximate surface area is 175 Å². The van der Waals surface area contributed by atoms with Crippen molar-refractivity contribution in [2.45, 2.75) is 13.0 Å². The third kappa shape index (κ3) is 4.87. The van der Waals surface area contributed by atoms with E-state index < -0.39 is 23.8 Å². The summed E-state index contributed by atoms with van der Waals surface area (Å²) in [5, 5.41) is 13.4.